The molecule has 0 heterocycles. The summed E-state index contributed by atoms with van der Waals surface area (Å²) in [5, 5.41) is 10.9. The van der Waals surface area contributed by atoms with Crippen molar-refractivity contribution in [3.63, 3.8) is 0 Å². The molecule has 1 rings (SSSR count). The van der Waals surface area contributed by atoms with Crippen molar-refractivity contribution in [1.82, 2.24) is 0 Å². The molecule has 0 atom stereocenters. The van der Waals surface area contributed by atoms with Gasteiger partial charge in [0.05, 0.1) is 5.69 Å². The smallest absolute Gasteiger partial charge is 0.871 e. The molecule has 0 aliphatic rings. The maximum atomic E-state index is 10.9. The van der Waals surface area contributed by atoms with Crippen LogP contribution in [0.1, 0.15) is 0 Å². The molecule has 0 fully saturated rings. The van der Waals surface area contributed by atoms with Gasteiger partial charge in [-0.15, -0.1) is 0 Å². The Kier molecular flexibility index (Phi) is 4.87. The maximum Gasteiger partial charge on any atom is 1.00 e. The third kappa shape index (κ3) is 3.20. The first-order chi connectivity index (χ1) is 5.43. The van der Waals surface area contributed by atoms with E-state index in [0.717, 1.165) is 6.07 Å². The van der Waals surface area contributed by atoms with Gasteiger partial charge in [-0.1, -0.05) is 17.9 Å². The van der Waals surface area contributed by atoms with Gasteiger partial charge >= 0.3 is 51.4 Å². The third-order valence-corrected chi connectivity index (χ3v) is 2.22. The summed E-state index contributed by atoms with van der Waals surface area (Å²) in [4.78, 5) is -0.759. The van der Waals surface area contributed by atoms with Crippen LogP contribution in [0.15, 0.2) is 23.1 Å². The van der Waals surface area contributed by atoms with Crippen molar-refractivity contribution in [2.75, 3.05) is 5.73 Å². The first-order valence-electron chi connectivity index (χ1n) is 2.96. The normalized spacial score (nSPS) is 10.5. The number of nitrogen functional groups attached to an aromatic ring is 1. The molecule has 13 heavy (non-hydrogen) atoms. The fourth-order valence-corrected chi connectivity index (χ4v) is 1.50. The van der Waals surface area contributed by atoms with Gasteiger partial charge in [0.25, 0.3) is 10.1 Å². The molecule has 66 valence electrons. The van der Waals surface area contributed by atoms with E-state index in [1.54, 1.807) is 0 Å². The number of rotatable bonds is 1. The molecule has 3 N–H and O–H groups in total. The first-order valence-corrected chi connectivity index (χ1v) is 4.40. The van der Waals surface area contributed by atoms with Crippen molar-refractivity contribution in [2.24, 2.45) is 0 Å². The van der Waals surface area contributed by atoms with E-state index in [1.165, 1.54) is 12.1 Å². The van der Waals surface area contributed by atoms with Crippen molar-refractivity contribution in [3.05, 3.63) is 18.2 Å². The molecule has 0 aliphatic carbocycles. The standard InChI is InChI=1S/C6H7NO4S.K/c7-4-2-1-3-5(8)6(4)12(9,10)11;/h1-3,8H,7H2,(H,9,10,11);/q;+1/p-1. The number of benzene rings is 1. The van der Waals surface area contributed by atoms with Gasteiger partial charge in [0.15, 0.2) is 0 Å². The Morgan fingerprint density at radius 2 is 1.92 bits per heavy atom. The third-order valence-electron chi connectivity index (χ3n) is 1.27. The Hall–Kier alpha value is 0.366. The van der Waals surface area contributed by atoms with Crippen molar-refractivity contribution in [1.29, 1.82) is 0 Å². The van der Waals surface area contributed by atoms with Crippen LogP contribution in [0.4, 0.5) is 5.69 Å². The minimum absolute atomic E-state index is 0. The van der Waals surface area contributed by atoms with Crippen molar-refractivity contribution in [3.8, 4) is 5.75 Å². The van der Waals surface area contributed by atoms with Crippen molar-refractivity contribution in [2.45, 2.75) is 4.90 Å². The van der Waals surface area contributed by atoms with E-state index in [0.29, 0.717) is 0 Å². The minimum Gasteiger partial charge on any atom is -0.871 e. The zero-order valence-corrected chi connectivity index (χ0v) is 10.8. The molecule has 1 aromatic carbocycles. The van der Waals surface area contributed by atoms with Crippen LogP contribution in [0, 0.1) is 0 Å². The maximum absolute atomic E-state index is 10.9. The van der Waals surface area contributed by atoms with Gasteiger partial charge in [0, 0.05) is 0 Å². The summed E-state index contributed by atoms with van der Waals surface area (Å²) in [7, 11) is -4.50. The molecule has 0 amide bonds. The largest absolute Gasteiger partial charge is 1.00 e. The van der Waals surface area contributed by atoms with Crippen LogP contribution in [-0.2, 0) is 10.1 Å². The van der Waals surface area contributed by atoms with E-state index in [2.05, 4.69) is 0 Å². The Morgan fingerprint density at radius 1 is 1.38 bits per heavy atom. The second-order valence-electron chi connectivity index (χ2n) is 2.15. The Bertz CT molecular complexity index is 383. The number of hydrogen-bond donors (Lipinski definition) is 2. The predicted molar refractivity (Wildman–Crippen MR) is 40.1 cm³/mol. The van der Waals surface area contributed by atoms with Crippen LogP contribution in [0.3, 0.4) is 0 Å². The van der Waals surface area contributed by atoms with E-state index in [4.69, 9.17) is 10.3 Å². The van der Waals surface area contributed by atoms with Crippen LogP contribution < -0.4 is 62.2 Å². The van der Waals surface area contributed by atoms with E-state index in [-0.39, 0.29) is 57.1 Å². The summed E-state index contributed by atoms with van der Waals surface area (Å²) in [6.45, 7) is 0. The fraction of sp³-hybridized carbons (Fsp3) is 0. The van der Waals surface area contributed by atoms with Crippen molar-refractivity contribution >= 4 is 15.8 Å². The predicted octanol–water partition coefficient (Wildman–Crippen LogP) is -3.41. The average molecular weight is 227 g/mol. The van der Waals surface area contributed by atoms with E-state index < -0.39 is 20.8 Å². The molecule has 0 aromatic heterocycles. The van der Waals surface area contributed by atoms with Gasteiger partial charge in [-0.25, -0.2) is 0 Å². The van der Waals surface area contributed by atoms with Gasteiger partial charge in [-0.2, -0.15) is 8.42 Å². The van der Waals surface area contributed by atoms with Crippen LogP contribution in [0.5, 0.6) is 5.75 Å². The number of nitrogens with two attached hydrogens (primary N) is 1. The molecule has 0 bridgehead atoms. The van der Waals surface area contributed by atoms with Crippen LogP contribution in [0.2, 0.25) is 0 Å². The average Bonchev–Trinajstić information content (AvgIpc) is 1.82. The molecule has 0 radical (unpaired) electrons. The summed E-state index contributed by atoms with van der Waals surface area (Å²) in [6, 6.07) is 3.55. The molecule has 0 saturated heterocycles. The Morgan fingerprint density at radius 3 is 2.23 bits per heavy atom. The van der Waals surface area contributed by atoms with Gasteiger partial charge in [-0.3, -0.25) is 4.55 Å². The fourth-order valence-electron chi connectivity index (χ4n) is 0.809. The van der Waals surface area contributed by atoms with Gasteiger partial charge in [-0.05, 0) is 6.07 Å². The van der Waals surface area contributed by atoms with Crippen LogP contribution in [0.25, 0.3) is 0 Å². The summed E-state index contributed by atoms with van der Waals surface area (Å²) < 4.78 is 29.6. The summed E-state index contributed by atoms with van der Waals surface area (Å²) in [5.41, 5.74) is 4.92. The molecule has 1 aromatic rings. The number of hydrogen-bond acceptors (Lipinski definition) is 4. The molecule has 7 heteroatoms. The second-order valence-corrected chi connectivity index (χ2v) is 3.51. The molecular formula is C6H6KNO4S. The van der Waals surface area contributed by atoms with Gasteiger partial charge in [0.1, 0.15) is 4.90 Å². The van der Waals surface area contributed by atoms with Crippen LogP contribution in [-0.4, -0.2) is 13.0 Å². The molecule has 0 aliphatic heterocycles. The monoisotopic (exact) mass is 227 g/mol. The SMILES string of the molecule is Nc1cccc([O-])c1S(=O)(=O)O.[K+]. The Balaban J connectivity index is 0.00000144. The Labute approximate surface area is 118 Å². The summed E-state index contributed by atoms with van der Waals surface area (Å²) >= 11 is 0. The second kappa shape index (κ2) is 4.74. The molecular weight excluding hydrogens is 221 g/mol. The number of anilines is 1. The minimum atomic E-state index is -4.50. The topological polar surface area (TPSA) is 103 Å². The summed E-state index contributed by atoms with van der Waals surface area (Å²) in [5.74, 6) is -0.808. The van der Waals surface area contributed by atoms with Gasteiger partial charge in [0.2, 0.25) is 0 Å². The zero-order valence-electron chi connectivity index (χ0n) is 6.89. The first kappa shape index (κ1) is 13.4. The molecule has 5 nitrogen and oxygen atoms in total. The molecule has 0 saturated carbocycles. The summed E-state index contributed by atoms with van der Waals surface area (Å²) in [6.07, 6.45) is 0. The quantitative estimate of drug-likeness (QED) is 0.295. The van der Waals surface area contributed by atoms with E-state index in [1.807, 2.05) is 0 Å². The van der Waals surface area contributed by atoms with Gasteiger partial charge < -0.3 is 10.8 Å². The molecule has 0 spiro atoms. The van der Waals surface area contributed by atoms with Crippen molar-refractivity contribution < 1.29 is 69.5 Å². The van der Waals surface area contributed by atoms with E-state index >= 15 is 0 Å². The zero-order chi connectivity index (χ0) is 9.35. The van der Waals surface area contributed by atoms with E-state index in [9.17, 15) is 13.5 Å². The molecule has 0 unspecified atom stereocenters. The van der Waals surface area contributed by atoms with Crippen LogP contribution >= 0.6 is 0 Å².